The Balaban J connectivity index is 1.28. The van der Waals surface area contributed by atoms with E-state index in [4.69, 9.17) is 10.1 Å². The number of hydrogen-bond acceptors (Lipinski definition) is 4. The third-order valence-corrected chi connectivity index (χ3v) is 5.97. The van der Waals surface area contributed by atoms with Crippen molar-refractivity contribution in [3.8, 4) is 11.1 Å². The van der Waals surface area contributed by atoms with E-state index in [0.29, 0.717) is 13.0 Å². The first-order valence-electron chi connectivity index (χ1n) is 10.8. The van der Waals surface area contributed by atoms with Crippen molar-refractivity contribution in [3.05, 3.63) is 84.6 Å². The molecule has 6 nitrogen and oxygen atoms in total. The first kappa shape index (κ1) is 19.4. The zero-order valence-corrected chi connectivity index (χ0v) is 17.4. The van der Waals surface area contributed by atoms with Gasteiger partial charge in [0, 0.05) is 49.6 Å². The van der Waals surface area contributed by atoms with Crippen LogP contribution in [0, 0.1) is 0 Å². The normalized spacial score (nSPS) is 16.5. The van der Waals surface area contributed by atoms with E-state index >= 15 is 0 Å². The van der Waals surface area contributed by atoms with E-state index in [1.165, 1.54) is 5.56 Å². The minimum Gasteiger partial charge on any atom is -0.342 e. The van der Waals surface area contributed by atoms with E-state index in [-0.39, 0.29) is 11.8 Å². The number of amides is 1. The van der Waals surface area contributed by atoms with Gasteiger partial charge in [0.1, 0.15) is 0 Å². The van der Waals surface area contributed by atoms with Gasteiger partial charge in [0.05, 0.1) is 0 Å². The van der Waals surface area contributed by atoms with Crippen LogP contribution >= 0.6 is 0 Å². The Bertz CT molecular complexity index is 1170. The number of nitrogens with zero attached hydrogens (tertiary/aromatic N) is 5. The number of aromatic nitrogens is 4. The summed E-state index contributed by atoms with van der Waals surface area (Å²) < 4.78 is 1.85. The molecule has 156 valence electrons. The zero-order chi connectivity index (χ0) is 21.0. The molecular formula is C25H25N5O. The first-order chi connectivity index (χ1) is 15.3. The van der Waals surface area contributed by atoms with Crippen molar-refractivity contribution in [2.45, 2.75) is 31.6 Å². The van der Waals surface area contributed by atoms with E-state index < -0.39 is 0 Å². The third-order valence-electron chi connectivity index (χ3n) is 5.97. The molecule has 4 heterocycles. The van der Waals surface area contributed by atoms with Crippen molar-refractivity contribution in [2.75, 3.05) is 13.1 Å². The van der Waals surface area contributed by atoms with Crippen LogP contribution in [0.2, 0.25) is 0 Å². The van der Waals surface area contributed by atoms with Crippen LogP contribution in [-0.4, -0.2) is 43.5 Å². The molecular weight excluding hydrogens is 386 g/mol. The fraction of sp³-hybridized carbons (Fsp3) is 0.280. The Kier molecular flexibility index (Phi) is 5.44. The highest BCUT2D eigenvalue weighted by atomic mass is 16.2. The van der Waals surface area contributed by atoms with Gasteiger partial charge in [-0.2, -0.15) is 5.10 Å². The first-order valence-corrected chi connectivity index (χ1v) is 10.8. The van der Waals surface area contributed by atoms with Crippen LogP contribution in [0.1, 0.15) is 36.6 Å². The maximum Gasteiger partial charge on any atom is 0.222 e. The molecule has 3 aromatic heterocycles. The molecule has 4 aromatic rings. The molecule has 1 aromatic carbocycles. The molecule has 1 aliphatic heterocycles. The second kappa shape index (κ2) is 8.68. The molecule has 0 unspecified atom stereocenters. The van der Waals surface area contributed by atoms with Crippen molar-refractivity contribution in [1.29, 1.82) is 0 Å². The quantitative estimate of drug-likeness (QED) is 0.495. The van der Waals surface area contributed by atoms with Crippen molar-refractivity contribution >= 4 is 11.6 Å². The van der Waals surface area contributed by atoms with Crippen LogP contribution in [0.15, 0.2) is 73.2 Å². The number of carbonyl (C=O) groups is 1. The predicted molar refractivity (Wildman–Crippen MR) is 120 cm³/mol. The molecule has 5 rings (SSSR count). The summed E-state index contributed by atoms with van der Waals surface area (Å²) in [6.45, 7) is 1.52. The number of carbonyl (C=O) groups excluding carboxylic acids is 1. The molecule has 0 bridgehead atoms. The molecule has 6 heteroatoms. The van der Waals surface area contributed by atoms with E-state index in [0.717, 1.165) is 48.4 Å². The third kappa shape index (κ3) is 4.33. The highest BCUT2D eigenvalue weighted by molar-refractivity contribution is 5.76. The minimum atomic E-state index is 0.179. The maximum atomic E-state index is 12.8. The van der Waals surface area contributed by atoms with E-state index in [1.807, 2.05) is 52.0 Å². The van der Waals surface area contributed by atoms with Gasteiger partial charge in [0.25, 0.3) is 0 Å². The second-order valence-electron chi connectivity index (χ2n) is 8.09. The monoisotopic (exact) mass is 411 g/mol. The molecule has 0 radical (unpaired) electrons. The lowest BCUT2D eigenvalue weighted by molar-refractivity contribution is -0.132. The van der Waals surface area contributed by atoms with Crippen LogP contribution in [0.25, 0.3) is 16.8 Å². The standard InChI is InChI=1S/C25H25N5O/c31-24(11-8-19-5-2-1-3-6-19)29-16-4-7-22(17-29)25-27-23-10-9-21(18-30(23)28-25)20-12-14-26-15-13-20/h1-3,5-6,9-10,12-15,18,22H,4,7-8,11,16-17H2/t22-/m1/s1. The number of pyridine rings is 2. The number of fused-ring (bicyclic) bond motifs is 1. The lowest BCUT2D eigenvalue weighted by Gasteiger charge is -2.31. The van der Waals surface area contributed by atoms with Crippen molar-refractivity contribution < 1.29 is 4.79 Å². The van der Waals surface area contributed by atoms with Crippen molar-refractivity contribution in [3.63, 3.8) is 0 Å². The molecule has 1 atom stereocenters. The van der Waals surface area contributed by atoms with Gasteiger partial charge in [0.15, 0.2) is 11.5 Å². The fourth-order valence-corrected chi connectivity index (χ4v) is 4.26. The average Bonchev–Trinajstić information content (AvgIpc) is 3.27. The van der Waals surface area contributed by atoms with E-state index in [9.17, 15) is 4.79 Å². The second-order valence-corrected chi connectivity index (χ2v) is 8.09. The summed E-state index contributed by atoms with van der Waals surface area (Å²) in [5.41, 5.74) is 4.21. The SMILES string of the molecule is O=C(CCc1ccccc1)N1CCC[C@@H](c2nc3ccc(-c4ccncc4)cn3n2)C1. The molecule has 1 amide bonds. The largest absolute Gasteiger partial charge is 0.342 e. The van der Waals surface area contributed by atoms with Gasteiger partial charge < -0.3 is 4.90 Å². The maximum absolute atomic E-state index is 12.8. The van der Waals surface area contributed by atoms with Gasteiger partial charge >= 0.3 is 0 Å². The minimum absolute atomic E-state index is 0.179. The average molecular weight is 412 g/mol. The molecule has 1 fully saturated rings. The van der Waals surface area contributed by atoms with Crippen LogP contribution in [-0.2, 0) is 11.2 Å². The number of piperidine rings is 1. The Morgan fingerprint density at radius 2 is 1.84 bits per heavy atom. The summed E-state index contributed by atoms with van der Waals surface area (Å²) >= 11 is 0. The molecule has 1 saturated heterocycles. The van der Waals surface area contributed by atoms with Gasteiger partial charge in [-0.1, -0.05) is 30.3 Å². The zero-order valence-electron chi connectivity index (χ0n) is 17.4. The number of likely N-dealkylation sites (tertiary alicyclic amines) is 1. The highest BCUT2D eigenvalue weighted by Crippen LogP contribution is 2.26. The summed E-state index contributed by atoms with van der Waals surface area (Å²) in [4.78, 5) is 23.6. The van der Waals surface area contributed by atoms with Gasteiger partial charge in [-0.3, -0.25) is 9.78 Å². The summed E-state index contributed by atoms with van der Waals surface area (Å²) in [5.74, 6) is 1.23. The summed E-state index contributed by atoms with van der Waals surface area (Å²) in [6.07, 6.45) is 8.91. The molecule has 31 heavy (non-hydrogen) atoms. The van der Waals surface area contributed by atoms with Crippen LogP contribution in [0.3, 0.4) is 0 Å². The predicted octanol–water partition coefficient (Wildman–Crippen LogP) is 4.13. The number of benzene rings is 1. The molecule has 0 N–H and O–H groups in total. The Morgan fingerprint density at radius 3 is 2.68 bits per heavy atom. The lowest BCUT2D eigenvalue weighted by Crippen LogP contribution is -2.39. The van der Waals surface area contributed by atoms with E-state index in [2.05, 4.69) is 23.2 Å². The topological polar surface area (TPSA) is 63.4 Å². The molecule has 0 aliphatic carbocycles. The summed E-state index contributed by atoms with van der Waals surface area (Å²) in [5, 5.41) is 4.76. The fourth-order valence-electron chi connectivity index (χ4n) is 4.26. The van der Waals surface area contributed by atoms with Crippen LogP contribution < -0.4 is 0 Å². The van der Waals surface area contributed by atoms with Crippen molar-refractivity contribution in [2.24, 2.45) is 0 Å². The Morgan fingerprint density at radius 1 is 1.00 bits per heavy atom. The van der Waals surface area contributed by atoms with Gasteiger partial charge in [-0.05, 0) is 54.7 Å². The summed E-state index contributed by atoms with van der Waals surface area (Å²) in [7, 11) is 0. The number of hydrogen-bond donors (Lipinski definition) is 0. The van der Waals surface area contributed by atoms with Gasteiger partial charge in [0.2, 0.25) is 5.91 Å². The van der Waals surface area contributed by atoms with Gasteiger partial charge in [-0.15, -0.1) is 0 Å². The molecule has 0 spiro atoms. The van der Waals surface area contributed by atoms with Gasteiger partial charge in [-0.25, -0.2) is 9.50 Å². The van der Waals surface area contributed by atoms with Crippen molar-refractivity contribution in [1.82, 2.24) is 24.5 Å². The van der Waals surface area contributed by atoms with Crippen LogP contribution in [0.5, 0.6) is 0 Å². The molecule has 1 aliphatic rings. The molecule has 0 saturated carbocycles. The van der Waals surface area contributed by atoms with E-state index in [1.54, 1.807) is 12.4 Å². The lowest BCUT2D eigenvalue weighted by atomic mass is 9.97. The Hall–Kier alpha value is -3.54. The summed E-state index contributed by atoms with van der Waals surface area (Å²) in [6, 6.07) is 18.2. The Labute approximate surface area is 181 Å². The van der Waals surface area contributed by atoms with Crippen LogP contribution in [0.4, 0.5) is 0 Å². The highest BCUT2D eigenvalue weighted by Gasteiger charge is 2.27. The number of aryl methyl sites for hydroxylation is 1. The number of rotatable bonds is 5. The smallest absolute Gasteiger partial charge is 0.222 e.